The summed E-state index contributed by atoms with van der Waals surface area (Å²) in [5.74, 6) is 0. The van der Waals surface area contributed by atoms with Gasteiger partial charge in [-0.25, -0.2) is 0 Å². The molecule has 0 aromatic heterocycles. The molecule has 45 heteroatoms. The minimum absolute atomic E-state index is 0.0337. The van der Waals surface area contributed by atoms with Crippen LogP contribution in [0.1, 0.15) is 173 Å². The standard InChI is InChI=1S/C51H128O12Si13.C35H96O8Si12/c1-28-29-30-41-50-76(61-70(22,23)44-37-31-34-40-47-73(51-52,55-64(4,5)6)56-65(7,8)9,62-71(24,25)45-38-32-35-42-48-74(53-2,57-66(10,11)12)58-67(13,14)15)63-72(26,27)46-39-33-36-43-49-75(54-3,59-68(16,17)18)60-69(19,20)21;1-46(2)36-44-30-24-18-20-26-32-51(11,12)41-54(17,42-52(13,14)33-27-21-19-25-31-45-37-47(3)4)43-53(15,16)34-28-22-23-29-35-55(38-48(5)6,39-49(7)8)40-50(9)10/h28,52H,1,29-51H2,2-27H3;46-50H,18-35,44-45H2,1-17H3. The fourth-order valence-electron chi connectivity index (χ4n) is 17.2. The average Bonchev–Trinajstić information content (AvgIpc) is 0.793. The Kier molecular flexibility index (Phi) is 69.2. The highest BCUT2D eigenvalue weighted by Crippen LogP contribution is 2.40. The van der Waals surface area contributed by atoms with Crippen LogP contribution in [0.5, 0.6) is 0 Å². The lowest BCUT2D eigenvalue weighted by molar-refractivity contribution is 0.196. The van der Waals surface area contributed by atoms with Gasteiger partial charge < -0.3 is 83.9 Å². The fraction of sp³-hybridized carbons (Fsp3) is 0.977. The quantitative estimate of drug-likeness (QED) is 0.0343. The maximum atomic E-state index is 10.7. The summed E-state index contributed by atoms with van der Waals surface area (Å²) in [4.78, 5) is 0. The van der Waals surface area contributed by atoms with Gasteiger partial charge in [-0.2, -0.15) is 0 Å². The van der Waals surface area contributed by atoms with E-state index in [9.17, 15) is 5.11 Å². The molecule has 0 bridgehead atoms. The summed E-state index contributed by atoms with van der Waals surface area (Å²) in [6.07, 6.45) is 33.5. The molecule has 0 radical (unpaired) electrons. The molecule has 0 aliphatic carbocycles. The number of rotatable bonds is 84. The largest absolute Gasteiger partial charge is 0.479 e. The van der Waals surface area contributed by atoms with Crippen LogP contribution in [-0.2, 0) is 78.8 Å². The third-order valence-corrected chi connectivity index (χ3v) is 101. The number of aliphatic hydroxyl groups is 1. The Morgan fingerprint density at radius 2 is 0.450 bits per heavy atom. The zero-order valence-corrected chi connectivity index (χ0v) is 121. The number of aliphatic hydroxyl groups excluding tert-OH is 1. The minimum Gasteiger partial charge on any atom is -0.463 e. The van der Waals surface area contributed by atoms with Crippen LogP contribution in [0.15, 0.2) is 12.7 Å². The third-order valence-electron chi connectivity index (χ3n) is 21.6. The monoisotopic (exact) mass is 2280 g/mol. The first kappa shape index (κ1) is 137. The van der Waals surface area contributed by atoms with E-state index in [-0.39, 0.29) is 25.8 Å². The molecule has 0 heterocycles. The highest BCUT2D eigenvalue weighted by Gasteiger charge is 2.55. The molecule has 0 fully saturated rings. The number of unbranched alkanes of at least 4 members (excludes halogenated alkanes) is 20. The van der Waals surface area contributed by atoms with E-state index >= 15 is 0 Å². The lowest BCUT2D eigenvalue weighted by Gasteiger charge is -2.45. The Bertz CT molecular complexity index is 2620. The highest BCUT2D eigenvalue weighted by atomic mass is 28.5. The summed E-state index contributed by atoms with van der Waals surface area (Å²) in [5.41, 5.74) is 0. The van der Waals surface area contributed by atoms with Gasteiger partial charge in [0.1, 0.15) is 19.5 Å². The van der Waals surface area contributed by atoms with E-state index in [0.717, 1.165) is 157 Å². The zero-order chi connectivity index (χ0) is 101. The van der Waals surface area contributed by atoms with Crippen LogP contribution in [0, 0.1) is 0 Å². The fourth-order valence-corrected chi connectivity index (χ4v) is 105. The maximum Gasteiger partial charge on any atom is 0.479 e. The first-order chi connectivity index (χ1) is 59.6. The van der Waals surface area contributed by atoms with E-state index < -0.39 is 198 Å². The van der Waals surface area contributed by atoms with Crippen molar-refractivity contribution in [2.45, 2.75) is 520 Å². The van der Waals surface area contributed by atoms with Crippen LogP contribution in [0.2, 0.25) is 347 Å². The van der Waals surface area contributed by atoms with E-state index in [4.69, 9.17) is 78.8 Å². The summed E-state index contributed by atoms with van der Waals surface area (Å²) >= 11 is 0. The second-order valence-corrected chi connectivity index (χ2v) is 139. The summed E-state index contributed by atoms with van der Waals surface area (Å²) in [6, 6.07) is 13.8. The Morgan fingerprint density at radius 3 is 0.672 bits per heavy atom. The van der Waals surface area contributed by atoms with E-state index in [1.165, 1.54) is 94.8 Å². The summed E-state index contributed by atoms with van der Waals surface area (Å²) < 4.78 is 130. The van der Waals surface area contributed by atoms with E-state index in [1.54, 1.807) is 14.2 Å². The van der Waals surface area contributed by atoms with Gasteiger partial charge >= 0.3 is 52.6 Å². The van der Waals surface area contributed by atoms with Crippen LogP contribution in [-0.4, -0.2) is 243 Å². The highest BCUT2D eigenvalue weighted by molar-refractivity contribution is 6.93. The van der Waals surface area contributed by atoms with Crippen molar-refractivity contribution in [2.75, 3.05) is 20.4 Å². The van der Waals surface area contributed by atoms with Gasteiger partial charge in [-0.3, -0.25) is 0 Å². The number of allylic oxidation sites excluding steroid dienone is 1. The molecule has 0 aliphatic heterocycles. The molecule has 1 N–H and O–H groups in total. The molecule has 0 saturated carbocycles. The van der Waals surface area contributed by atoms with Crippen LogP contribution in [0.4, 0.5) is 0 Å². The van der Waals surface area contributed by atoms with Gasteiger partial charge in [-0.05, 0) is 355 Å². The lowest BCUT2D eigenvalue weighted by Crippen LogP contribution is -2.61. The minimum atomic E-state index is -3.17. The van der Waals surface area contributed by atoms with Gasteiger partial charge in [0, 0.05) is 44.9 Å². The first-order valence-corrected chi connectivity index (χ1v) is 121. The van der Waals surface area contributed by atoms with Crippen LogP contribution in [0.25, 0.3) is 0 Å². The maximum absolute atomic E-state index is 10.7. The molecule has 0 aromatic rings. The van der Waals surface area contributed by atoms with Crippen molar-refractivity contribution >= 4 is 217 Å². The van der Waals surface area contributed by atoms with Crippen LogP contribution >= 0.6 is 0 Å². The smallest absolute Gasteiger partial charge is 0.463 e. The number of hydrogen-bond donors (Lipinski definition) is 1. The van der Waals surface area contributed by atoms with Crippen molar-refractivity contribution in [1.29, 1.82) is 0 Å². The second kappa shape index (κ2) is 65.9. The Morgan fingerprint density at radius 1 is 0.237 bits per heavy atom. The van der Waals surface area contributed by atoms with E-state index in [0.29, 0.717) is 0 Å². The van der Waals surface area contributed by atoms with Crippen molar-refractivity contribution in [3.63, 3.8) is 0 Å². The lowest BCUT2D eigenvalue weighted by atomic mass is 10.2. The molecular formula is C86H224O20Si25. The second-order valence-electron chi connectivity index (χ2n) is 49.1. The Labute approximate surface area is 846 Å². The Hall–Kier alpha value is 4.36. The Balaban J connectivity index is 0. The molecular weight excluding hydrogens is 2060 g/mol. The van der Waals surface area contributed by atoms with Gasteiger partial charge in [-0.15, -0.1) is 6.58 Å². The van der Waals surface area contributed by atoms with Crippen LogP contribution < -0.4 is 0 Å². The summed E-state index contributed by atoms with van der Waals surface area (Å²) in [7, 11) is -43.3. The average molecular weight is 2280 g/mol. The summed E-state index contributed by atoms with van der Waals surface area (Å²) in [5, 5.41) is 10.7. The van der Waals surface area contributed by atoms with Crippen molar-refractivity contribution in [3.8, 4) is 0 Å². The molecule has 0 rings (SSSR count). The molecule has 0 aliphatic rings. The molecule has 788 valence electrons. The SMILES string of the molecule is C=CCCCC[Si](O[Si](C)(C)CCCCCC[Si](CO)(O[Si](C)(C)C)O[Si](C)(C)C)(O[Si](C)(C)CCCCCC[Si](OC)(O[Si](C)(C)C)O[Si](C)(C)C)O[Si](C)(C)CCCCCC[Si](OC)(O[Si](C)(C)C)O[Si](C)(C)C.C[SiH](C)O[SiH2]CCCCCC[Si](C)(C)O[Si](C)(O[Si](C)(C)CCCCCC[SiH2]O[SiH](C)C)O[Si](C)(C)CCCCCC[Si](O[SiH](C)C)(O[SiH](C)C)O[SiH](C)C. The number of hydrogen-bond acceptors (Lipinski definition) is 20. The molecule has 20 nitrogen and oxygen atoms in total. The van der Waals surface area contributed by atoms with Crippen molar-refractivity contribution < 1.29 is 83.9 Å². The van der Waals surface area contributed by atoms with Crippen molar-refractivity contribution in [1.82, 2.24) is 0 Å². The zero-order valence-electron chi connectivity index (χ0n) is 94.8. The normalized spacial score (nSPS) is 14.9. The molecule has 0 unspecified atom stereocenters. The van der Waals surface area contributed by atoms with Gasteiger partial charge in [0.2, 0.25) is 0 Å². The molecule has 0 amide bonds. The van der Waals surface area contributed by atoms with Gasteiger partial charge in [0.05, 0.1) is 6.23 Å². The van der Waals surface area contributed by atoms with Crippen LogP contribution in [0.3, 0.4) is 0 Å². The molecule has 0 atom stereocenters. The molecule has 0 spiro atoms. The molecule has 0 aromatic carbocycles. The third kappa shape index (κ3) is 76.5. The van der Waals surface area contributed by atoms with Gasteiger partial charge in [0.15, 0.2) is 145 Å². The predicted molar refractivity (Wildman–Crippen MR) is 634 cm³/mol. The van der Waals surface area contributed by atoms with Gasteiger partial charge in [-0.1, -0.05) is 141 Å². The van der Waals surface area contributed by atoms with Gasteiger partial charge in [0.25, 0.3) is 0 Å². The first-order valence-electron chi connectivity index (χ1n) is 52.6. The van der Waals surface area contributed by atoms with E-state index in [2.05, 4.69) is 275 Å². The summed E-state index contributed by atoms with van der Waals surface area (Å²) in [6.45, 7) is 98.3. The van der Waals surface area contributed by atoms with Crippen molar-refractivity contribution in [2.24, 2.45) is 0 Å². The molecule has 131 heavy (non-hydrogen) atoms. The molecule has 0 saturated heterocycles. The van der Waals surface area contributed by atoms with E-state index in [1.807, 2.05) is 6.08 Å². The predicted octanol–water partition coefficient (Wildman–Crippen LogP) is 27.7. The topological polar surface area (TPSA) is 196 Å². The van der Waals surface area contributed by atoms with Crippen molar-refractivity contribution in [3.05, 3.63) is 12.7 Å².